The molecule has 3 aromatic heterocycles. The Morgan fingerprint density at radius 1 is 1.00 bits per heavy atom. The molecule has 1 saturated carbocycles. The lowest BCUT2D eigenvalue weighted by atomic mass is 9.89. The largest absolute Gasteiger partial charge is 0.393 e. The van der Waals surface area contributed by atoms with Gasteiger partial charge in [-0.15, -0.1) is 0 Å². The van der Waals surface area contributed by atoms with Gasteiger partial charge in [0.2, 0.25) is 17.8 Å². The summed E-state index contributed by atoms with van der Waals surface area (Å²) in [5, 5.41) is 25.3. The van der Waals surface area contributed by atoms with Crippen molar-refractivity contribution in [1.82, 2.24) is 34.2 Å². The van der Waals surface area contributed by atoms with Crippen molar-refractivity contribution in [3.63, 3.8) is 0 Å². The number of nitrogens with zero attached hydrogens (tertiary/aromatic N) is 7. The van der Waals surface area contributed by atoms with Crippen LogP contribution in [0.4, 0.5) is 23.1 Å². The first kappa shape index (κ1) is 32.3. The molecule has 3 fully saturated rings. The standard InChI is InChI=1S/C35H39ClN10O4/c1-18-17-45(11-10-26(18)38-19-4-6-23-28(12-19)44(3)42-31(23)24-7-9-30(48)40-33(24)49)34-37-16-25(36)32(41-34)39-20-5-8-27-29(13-20)46(35(50)43(27)2)21-14-22(47)15-21/h4-6,8,12-13,16,18,21-22,24,26,38,47H,7,9-11,14-15,17H2,1-3H3,(H,37,39,41)(H,40,48,49)/t18-,21?,22?,24?,26-/m1/s1. The molecule has 14 nitrogen and oxygen atoms in total. The van der Waals surface area contributed by atoms with Crippen LogP contribution in [0.15, 0.2) is 47.4 Å². The number of aromatic nitrogens is 6. The van der Waals surface area contributed by atoms with Crippen LogP contribution in [0.25, 0.3) is 21.9 Å². The van der Waals surface area contributed by atoms with Gasteiger partial charge in [0.25, 0.3) is 0 Å². The molecule has 1 aliphatic carbocycles. The van der Waals surface area contributed by atoms with Crippen molar-refractivity contribution in [2.24, 2.45) is 20.0 Å². The van der Waals surface area contributed by atoms with E-state index in [1.807, 2.05) is 37.4 Å². The topological polar surface area (TPSA) is 164 Å². The lowest BCUT2D eigenvalue weighted by molar-refractivity contribution is -0.134. The highest BCUT2D eigenvalue weighted by atomic mass is 35.5. The summed E-state index contributed by atoms with van der Waals surface area (Å²) in [5.41, 5.74) is 4.86. The van der Waals surface area contributed by atoms with Gasteiger partial charge in [0, 0.05) is 62.5 Å². The van der Waals surface area contributed by atoms with E-state index in [1.54, 1.807) is 27.1 Å². The number of aryl methyl sites for hydroxylation is 2. The molecule has 4 N–H and O–H groups in total. The Morgan fingerprint density at radius 3 is 2.54 bits per heavy atom. The third kappa shape index (κ3) is 5.65. The molecule has 3 aliphatic rings. The molecule has 3 atom stereocenters. The highest BCUT2D eigenvalue weighted by molar-refractivity contribution is 6.33. The Kier molecular flexibility index (Phi) is 8.02. The number of piperidine rings is 2. The summed E-state index contributed by atoms with van der Waals surface area (Å²) in [4.78, 5) is 48.8. The van der Waals surface area contributed by atoms with Crippen LogP contribution in [0.2, 0.25) is 5.02 Å². The average Bonchev–Trinajstić information content (AvgIpc) is 3.52. The fraction of sp³-hybridized carbons (Fsp3) is 0.429. The summed E-state index contributed by atoms with van der Waals surface area (Å²) >= 11 is 6.57. The van der Waals surface area contributed by atoms with Crippen molar-refractivity contribution in [2.75, 3.05) is 28.6 Å². The van der Waals surface area contributed by atoms with Gasteiger partial charge >= 0.3 is 5.69 Å². The molecular weight excluding hydrogens is 660 g/mol. The second-order valence-corrected chi connectivity index (χ2v) is 14.3. The number of hydrogen-bond donors (Lipinski definition) is 4. The van der Waals surface area contributed by atoms with Crippen LogP contribution in [-0.2, 0) is 23.7 Å². The number of fused-ring (bicyclic) bond motifs is 2. The van der Waals surface area contributed by atoms with E-state index in [-0.39, 0.29) is 41.6 Å². The Morgan fingerprint density at radius 2 is 1.78 bits per heavy atom. The van der Waals surface area contributed by atoms with Crippen molar-refractivity contribution in [2.45, 2.75) is 63.1 Å². The predicted molar refractivity (Wildman–Crippen MR) is 191 cm³/mol. The van der Waals surface area contributed by atoms with Gasteiger partial charge in [0.1, 0.15) is 5.02 Å². The highest BCUT2D eigenvalue weighted by Gasteiger charge is 2.33. The normalized spacial score (nSPS) is 24.0. The van der Waals surface area contributed by atoms with Gasteiger partial charge in [-0.1, -0.05) is 18.5 Å². The van der Waals surface area contributed by atoms with Crippen LogP contribution in [0.3, 0.4) is 0 Å². The molecule has 1 unspecified atom stereocenters. The van der Waals surface area contributed by atoms with E-state index < -0.39 is 5.92 Å². The van der Waals surface area contributed by atoms with E-state index in [4.69, 9.17) is 16.6 Å². The van der Waals surface area contributed by atoms with Gasteiger partial charge in [-0.2, -0.15) is 10.1 Å². The van der Waals surface area contributed by atoms with Crippen molar-refractivity contribution >= 4 is 68.5 Å². The van der Waals surface area contributed by atoms with Gasteiger partial charge in [0.15, 0.2) is 5.82 Å². The van der Waals surface area contributed by atoms with Crippen LogP contribution in [-0.4, -0.2) is 71.0 Å². The third-order valence-electron chi connectivity index (χ3n) is 10.5. The van der Waals surface area contributed by atoms with Crippen LogP contribution in [0.5, 0.6) is 0 Å². The maximum absolute atomic E-state index is 13.0. The second-order valence-electron chi connectivity index (χ2n) is 13.9. The van der Waals surface area contributed by atoms with E-state index in [2.05, 4.69) is 43.9 Å². The van der Waals surface area contributed by atoms with Crippen molar-refractivity contribution < 1.29 is 14.7 Å². The molecule has 8 rings (SSSR count). The molecule has 2 aromatic carbocycles. The first-order valence-corrected chi connectivity index (χ1v) is 17.4. The molecule has 2 aliphatic heterocycles. The Bertz CT molecular complexity index is 2220. The number of nitrogens with one attached hydrogen (secondary N) is 3. The van der Waals surface area contributed by atoms with Crippen molar-refractivity contribution in [3.05, 3.63) is 63.8 Å². The number of imide groups is 1. The van der Waals surface area contributed by atoms with E-state index in [0.717, 1.165) is 52.8 Å². The number of aliphatic hydroxyl groups excluding tert-OH is 1. The van der Waals surface area contributed by atoms with Crippen LogP contribution >= 0.6 is 11.6 Å². The number of aliphatic hydroxyl groups is 1. The maximum atomic E-state index is 13.0. The zero-order valence-electron chi connectivity index (χ0n) is 28.1. The van der Waals surface area contributed by atoms with E-state index >= 15 is 0 Å². The lowest BCUT2D eigenvalue weighted by Crippen LogP contribution is -2.46. The summed E-state index contributed by atoms with van der Waals surface area (Å²) < 4.78 is 5.20. The minimum absolute atomic E-state index is 0.0269. The van der Waals surface area contributed by atoms with Gasteiger partial charge in [-0.25, -0.2) is 9.78 Å². The highest BCUT2D eigenvalue weighted by Crippen LogP contribution is 2.36. The number of benzene rings is 2. The quantitative estimate of drug-likeness (QED) is 0.183. The predicted octanol–water partition coefficient (Wildman–Crippen LogP) is 3.96. The number of amides is 2. The Labute approximate surface area is 292 Å². The average molecular weight is 699 g/mol. The van der Waals surface area contributed by atoms with E-state index in [1.165, 1.54) is 0 Å². The fourth-order valence-corrected chi connectivity index (χ4v) is 7.78. The van der Waals surface area contributed by atoms with E-state index in [9.17, 15) is 19.5 Å². The number of rotatable bonds is 7. The number of anilines is 4. The smallest absolute Gasteiger partial charge is 0.329 e. The molecule has 50 heavy (non-hydrogen) atoms. The second kappa shape index (κ2) is 12.4. The molecule has 260 valence electrons. The monoisotopic (exact) mass is 698 g/mol. The van der Waals surface area contributed by atoms with Crippen LogP contribution < -0.4 is 26.5 Å². The van der Waals surface area contributed by atoms with Gasteiger partial charge in [-0.3, -0.25) is 28.7 Å². The summed E-state index contributed by atoms with van der Waals surface area (Å²) in [6.07, 6.45) is 4.00. The van der Waals surface area contributed by atoms with Crippen molar-refractivity contribution in [1.29, 1.82) is 0 Å². The zero-order valence-corrected chi connectivity index (χ0v) is 28.8. The number of imidazole rings is 1. The molecule has 0 radical (unpaired) electrons. The Balaban J connectivity index is 0.958. The van der Waals surface area contributed by atoms with Gasteiger partial charge in [-0.05, 0) is 68.0 Å². The number of carbonyl (C=O) groups is 2. The minimum Gasteiger partial charge on any atom is -0.393 e. The summed E-state index contributed by atoms with van der Waals surface area (Å²) in [6.45, 7) is 3.69. The van der Waals surface area contributed by atoms with Crippen LogP contribution in [0, 0.1) is 5.92 Å². The lowest BCUT2D eigenvalue weighted by Gasteiger charge is -2.37. The molecular formula is C35H39ClN10O4. The van der Waals surface area contributed by atoms with Gasteiger partial charge < -0.3 is 20.6 Å². The third-order valence-corrected chi connectivity index (χ3v) is 10.8. The summed E-state index contributed by atoms with van der Waals surface area (Å²) in [7, 11) is 3.63. The molecule has 2 amide bonds. The fourth-order valence-electron chi connectivity index (χ4n) is 7.65. The molecule has 15 heteroatoms. The maximum Gasteiger partial charge on any atom is 0.329 e. The number of hydrogen-bond acceptors (Lipinski definition) is 10. The van der Waals surface area contributed by atoms with Crippen LogP contribution in [0.1, 0.15) is 56.7 Å². The van der Waals surface area contributed by atoms with E-state index in [0.29, 0.717) is 48.2 Å². The molecule has 5 heterocycles. The molecule has 5 aromatic rings. The summed E-state index contributed by atoms with van der Waals surface area (Å²) in [5.74, 6) is 0.366. The minimum atomic E-state index is -0.440. The number of carbonyl (C=O) groups excluding carboxylic acids is 2. The molecule has 2 saturated heterocycles. The van der Waals surface area contributed by atoms with Gasteiger partial charge in [0.05, 0.1) is 40.5 Å². The molecule has 0 spiro atoms. The molecule has 0 bridgehead atoms. The Hall–Kier alpha value is -4.95. The van der Waals surface area contributed by atoms with Crippen molar-refractivity contribution in [3.8, 4) is 0 Å². The SMILES string of the molecule is C[C@@H]1CN(c2ncc(Cl)c(Nc3ccc4c(c3)n(C3CC(O)C3)c(=O)n4C)n2)CC[C@H]1Nc1ccc2c(C3CCC(=O)NC3=O)nn(C)c2c1. The zero-order chi connectivity index (χ0) is 34.8. The first-order valence-electron chi connectivity index (χ1n) is 17.0. The summed E-state index contributed by atoms with van der Waals surface area (Å²) in [6, 6.07) is 12.0. The number of halogens is 1. The first-order chi connectivity index (χ1) is 24.0.